The molecule has 5 heteroatoms. The van der Waals surface area contributed by atoms with Crippen LogP contribution >= 0.6 is 0 Å². The Morgan fingerprint density at radius 3 is 2.21 bits per heavy atom. The third-order valence-electron chi connectivity index (χ3n) is 6.12. The first kappa shape index (κ1) is 19.5. The number of carbonyl (C=O) groups is 2. The van der Waals surface area contributed by atoms with Gasteiger partial charge in [0.25, 0.3) is 0 Å². The van der Waals surface area contributed by atoms with Crippen LogP contribution in [0.1, 0.15) is 50.0 Å². The van der Waals surface area contributed by atoms with Gasteiger partial charge in [-0.3, -0.25) is 9.59 Å². The number of ether oxygens (including phenoxy) is 2. The van der Waals surface area contributed by atoms with Crippen molar-refractivity contribution < 1.29 is 19.1 Å². The fourth-order valence-electron chi connectivity index (χ4n) is 4.82. The molecule has 1 aromatic rings. The molecule has 0 bridgehead atoms. The van der Waals surface area contributed by atoms with Crippen molar-refractivity contribution in [1.29, 1.82) is 0 Å². The molecule has 0 saturated carbocycles. The Morgan fingerprint density at radius 1 is 1.03 bits per heavy atom. The molecule has 152 valence electrons. The van der Waals surface area contributed by atoms with Crippen molar-refractivity contribution in [2.75, 3.05) is 20.8 Å². The second kappa shape index (κ2) is 7.90. The van der Waals surface area contributed by atoms with Crippen molar-refractivity contribution in [1.82, 2.24) is 4.90 Å². The molecule has 0 amide bonds. The summed E-state index contributed by atoms with van der Waals surface area (Å²) in [5, 5.41) is 0. The van der Waals surface area contributed by atoms with Crippen LogP contribution in [-0.4, -0.2) is 37.2 Å². The van der Waals surface area contributed by atoms with Crippen LogP contribution in [0, 0.1) is 0 Å². The maximum absolute atomic E-state index is 13.0. The zero-order valence-electron chi connectivity index (χ0n) is 17.1. The molecule has 0 unspecified atom stereocenters. The van der Waals surface area contributed by atoms with Crippen molar-refractivity contribution >= 4 is 11.6 Å². The molecule has 0 atom stereocenters. The van der Waals surface area contributed by atoms with Crippen LogP contribution in [0.5, 0.6) is 11.5 Å². The lowest BCUT2D eigenvalue weighted by atomic mass is 9.71. The van der Waals surface area contributed by atoms with Gasteiger partial charge in [0.2, 0.25) is 0 Å². The van der Waals surface area contributed by atoms with Gasteiger partial charge in [-0.05, 0) is 43.4 Å². The van der Waals surface area contributed by atoms with E-state index in [1.807, 2.05) is 25.2 Å². The summed E-state index contributed by atoms with van der Waals surface area (Å²) in [4.78, 5) is 28.2. The molecule has 0 fully saturated rings. The molecule has 0 aromatic heterocycles. The summed E-state index contributed by atoms with van der Waals surface area (Å²) in [5.41, 5.74) is 4.63. The zero-order valence-corrected chi connectivity index (χ0v) is 17.1. The summed E-state index contributed by atoms with van der Waals surface area (Å²) in [6.45, 7) is 4.06. The third-order valence-corrected chi connectivity index (χ3v) is 6.12. The quantitative estimate of drug-likeness (QED) is 0.698. The van der Waals surface area contributed by atoms with Gasteiger partial charge in [0.05, 0.1) is 7.11 Å². The van der Waals surface area contributed by atoms with E-state index in [1.54, 1.807) is 13.2 Å². The lowest BCUT2D eigenvalue weighted by Gasteiger charge is -2.42. The summed E-state index contributed by atoms with van der Waals surface area (Å²) in [5.74, 6) is 1.20. The number of carbonyl (C=O) groups excluding carboxylic acids is 2. The summed E-state index contributed by atoms with van der Waals surface area (Å²) in [7, 11) is 3.60. The molecule has 0 radical (unpaired) electrons. The van der Waals surface area contributed by atoms with Gasteiger partial charge in [0.1, 0.15) is 6.61 Å². The molecular weight excluding hydrogens is 366 g/mol. The third kappa shape index (κ3) is 3.28. The second-order valence-electron chi connectivity index (χ2n) is 7.78. The molecule has 1 heterocycles. The average molecular weight is 393 g/mol. The number of hydrogen-bond donors (Lipinski definition) is 0. The van der Waals surface area contributed by atoms with Gasteiger partial charge in [-0.25, -0.2) is 0 Å². The van der Waals surface area contributed by atoms with Gasteiger partial charge in [0.15, 0.2) is 23.1 Å². The molecule has 2 aliphatic carbocycles. The predicted molar refractivity (Wildman–Crippen MR) is 111 cm³/mol. The second-order valence-corrected chi connectivity index (χ2v) is 7.78. The van der Waals surface area contributed by atoms with Crippen molar-refractivity contribution in [2.24, 2.45) is 0 Å². The summed E-state index contributed by atoms with van der Waals surface area (Å²) in [6, 6.07) is 5.72. The Kier molecular flexibility index (Phi) is 5.31. The Hall–Kier alpha value is -2.82. The van der Waals surface area contributed by atoms with Gasteiger partial charge in [-0.15, -0.1) is 0 Å². The van der Waals surface area contributed by atoms with Crippen LogP contribution in [0.4, 0.5) is 0 Å². The van der Waals surface area contributed by atoms with Crippen LogP contribution in [-0.2, 0) is 9.59 Å². The number of methoxy groups -OCH3 is 1. The van der Waals surface area contributed by atoms with Gasteiger partial charge in [0, 0.05) is 48.3 Å². The number of rotatable bonds is 5. The molecule has 1 aromatic carbocycles. The normalized spacial score (nSPS) is 19.9. The first-order chi connectivity index (χ1) is 14.1. The SMILES string of the molecule is C=CCOc1ccc(C2C3=C(CCCC3=O)N(C)C3=C2C(=O)CCC3)cc1OC. The minimum absolute atomic E-state index is 0.152. The lowest BCUT2D eigenvalue weighted by Crippen LogP contribution is -2.37. The zero-order chi connectivity index (χ0) is 20.5. The fourth-order valence-corrected chi connectivity index (χ4v) is 4.82. The molecule has 1 aliphatic heterocycles. The fraction of sp³-hybridized carbons (Fsp3) is 0.417. The topological polar surface area (TPSA) is 55.8 Å². The number of hydrogen-bond acceptors (Lipinski definition) is 5. The molecule has 0 saturated heterocycles. The van der Waals surface area contributed by atoms with Gasteiger partial charge in [-0.1, -0.05) is 18.7 Å². The van der Waals surface area contributed by atoms with Crippen molar-refractivity contribution in [3.05, 3.63) is 59.0 Å². The minimum Gasteiger partial charge on any atom is -0.493 e. The van der Waals surface area contributed by atoms with E-state index in [1.165, 1.54) is 0 Å². The molecule has 3 aliphatic rings. The predicted octanol–water partition coefficient (Wildman–Crippen LogP) is 4.30. The van der Waals surface area contributed by atoms with Crippen LogP contribution in [0.25, 0.3) is 0 Å². The van der Waals surface area contributed by atoms with Crippen LogP contribution in [0.15, 0.2) is 53.4 Å². The Morgan fingerprint density at radius 2 is 1.66 bits per heavy atom. The van der Waals surface area contributed by atoms with E-state index in [9.17, 15) is 9.59 Å². The Labute approximate surface area is 171 Å². The van der Waals surface area contributed by atoms with E-state index in [0.29, 0.717) is 30.9 Å². The number of ketones is 2. The highest BCUT2D eigenvalue weighted by Gasteiger charge is 2.42. The number of allylic oxidation sites excluding steroid dienone is 4. The smallest absolute Gasteiger partial charge is 0.161 e. The van der Waals surface area contributed by atoms with E-state index < -0.39 is 0 Å². The molecule has 29 heavy (non-hydrogen) atoms. The van der Waals surface area contributed by atoms with Gasteiger partial charge >= 0.3 is 0 Å². The maximum atomic E-state index is 13.0. The Balaban J connectivity index is 1.87. The number of nitrogens with zero attached hydrogens (tertiary/aromatic N) is 1. The van der Waals surface area contributed by atoms with Gasteiger partial charge in [-0.2, -0.15) is 0 Å². The largest absolute Gasteiger partial charge is 0.493 e. The standard InChI is InChI=1S/C24H27NO4/c1-4-13-29-20-12-11-15(14-21(20)28-3)22-23-16(7-5-9-18(23)26)25(2)17-8-6-10-19(27)24(17)22/h4,11-12,14,22H,1,5-10,13H2,2-3H3. The number of Topliss-reactive ketones (excluding diaryl/α,β-unsaturated/α-hetero) is 2. The van der Waals surface area contributed by atoms with Crippen LogP contribution in [0.3, 0.4) is 0 Å². The lowest BCUT2D eigenvalue weighted by molar-refractivity contribution is -0.117. The molecule has 4 rings (SSSR count). The first-order valence-electron chi connectivity index (χ1n) is 10.2. The summed E-state index contributed by atoms with van der Waals surface area (Å²) in [6.07, 6.45) is 6.23. The van der Waals surface area contributed by atoms with E-state index in [0.717, 1.165) is 53.8 Å². The van der Waals surface area contributed by atoms with Crippen molar-refractivity contribution in [3.63, 3.8) is 0 Å². The maximum Gasteiger partial charge on any atom is 0.161 e. The molecule has 0 N–H and O–H groups in total. The van der Waals surface area contributed by atoms with Crippen molar-refractivity contribution in [2.45, 2.75) is 44.4 Å². The number of benzene rings is 1. The highest BCUT2D eigenvalue weighted by molar-refractivity contribution is 6.06. The summed E-state index contributed by atoms with van der Waals surface area (Å²) < 4.78 is 11.2. The average Bonchev–Trinajstić information content (AvgIpc) is 2.73. The van der Waals surface area contributed by atoms with E-state index in [2.05, 4.69) is 11.5 Å². The highest BCUT2D eigenvalue weighted by Crippen LogP contribution is 2.49. The highest BCUT2D eigenvalue weighted by atomic mass is 16.5. The van der Waals surface area contributed by atoms with Crippen LogP contribution < -0.4 is 9.47 Å². The van der Waals surface area contributed by atoms with Crippen LogP contribution in [0.2, 0.25) is 0 Å². The summed E-state index contributed by atoms with van der Waals surface area (Å²) >= 11 is 0. The monoisotopic (exact) mass is 393 g/mol. The Bertz CT molecular complexity index is 896. The molecule has 0 spiro atoms. The first-order valence-corrected chi connectivity index (χ1v) is 10.2. The van der Waals surface area contributed by atoms with E-state index in [-0.39, 0.29) is 17.5 Å². The van der Waals surface area contributed by atoms with E-state index in [4.69, 9.17) is 9.47 Å². The van der Waals surface area contributed by atoms with Crippen molar-refractivity contribution in [3.8, 4) is 11.5 Å². The minimum atomic E-state index is -0.320. The molecular formula is C24H27NO4. The van der Waals surface area contributed by atoms with Gasteiger partial charge < -0.3 is 14.4 Å². The molecule has 5 nitrogen and oxygen atoms in total. The van der Waals surface area contributed by atoms with E-state index >= 15 is 0 Å².